The summed E-state index contributed by atoms with van der Waals surface area (Å²) in [6, 6.07) is 13.3. The van der Waals surface area contributed by atoms with Crippen LogP contribution < -0.4 is 0 Å². The zero-order valence-corrected chi connectivity index (χ0v) is 13.8. The van der Waals surface area contributed by atoms with Crippen molar-refractivity contribution in [2.75, 3.05) is 13.1 Å². The Balaban J connectivity index is 1.45. The minimum absolute atomic E-state index is 0.0610. The summed E-state index contributed by atoms with van der Waals surface area (Å²) in [6.45, 7) is 2.37. The zero-order chi connectivity index (χ0) is 17.2. The number of hydrogen-bond acceptors (Lipinski definition) is 4. The second-order valence-electron chi connectivity index (χ2n) is 6.48. The second kappa shape index (κ2) is 6.61. The molecule has 4 rings (SSSR count). The first-order valence-corrected chi connectivity index (χ1v) is 8.48. The first-order chi connectivity index (χ1) is 12.2. The van der Waals surface area contributed by atoms with Gasteiger partial charge in [-0.3, -0.25) is 24.4 Å². The molecule has 0 aliphatic carbocycles. The standard InChI is InChI=1S/C20H19N3O2/c24-19-11-18(16-6-2-1-3-7-16)20(25)23(19)17-8-10-22(14-17)13-15-5-4-9-21-12-15/h1-7,9,11-12,17H,8,10,13-14H2. The Kier molecular flexibility index (Phi) is 4.15. The van der Waals surface area contributed by atoms with Gasteiger partial charge in [-0.25, -0.2) is 0 Å². The van der Waals surface area contributed by atoms with Gasteiger partial charge in [0.25, 0.3) is 11.8 Å². The van der Waals surface area contributed by atoms with Gasteiger partial charge in [0.05, 0.1) is 11.6 Å². The lowest BCUT2D eigenvalue weighted by Crippen LogP contribution is -2.42. The number of rotatable bonds is 4. The van der Waals surface area contributed by atoms with Crippen LogP contribution in [0.4, 0.5) is 0 Å². The molecular weight excluding hydrogens is 314 g/mol. The summed E-state index contributed by atoms with van der Waals surface area (Å²) < 4.78 is 0. The van der Waals surface area contributed by atoms with E-state index in [1.165, 1.54) is 11.0 Å². The monoisotopic (exact) mass is 333 g/mol. The Morgan fingerprint density at radius 1 is 1.08 bits per heavy atom. The highest BCUT2D eigenvalue weighted by Crippen LogP contribution is 2.28. The number of likely N-dealkylation sites (tertiary alicyclic amines) is 1. The van der Waals surface area contributed by atoms with Crippen molar-refractivity contribution in [2.45, 2.75) is 19.0 Å². The molecule has 126 valence electrons. The SMILES string of the molecule is O=C1C=C(c2ccccc2)C(=O)N1C1CCN(Cc2cccnc2)C1. The molecule has 2 aliphatic heterocycles. The first kappa shape index (κ1) is 15.7. The van der Waals surface area contributed by atoms with Gasteiger partial charge in [0.15, 0.2) is 0 Å². The molecule has 0 radical (unpaired) electrons. The average Bonchev–Trinajstić information content (AvgIpc) is 3.20. The lowest BCUT2D eigenvalue weighted by Gasteiger charge is -2.23. The third kappa shape index (κ3) is 3.10. The smallest absolute Gasteiger partial charge is 0.261 e. The summed E-state index contributed by atoms with van der Waals surface area (Å²) in [5.41, 5.74) is 2.44. The fourth-order valence-corrected chi connectivity index (χ4v) is 3.57. The number of nitrogens with zero attached hydrogens (tertiary/aromatic N) is 3. The average molecular weight is 333 g/mol. The lowest BCUT2D eigenvalue weighted by molar-refractivity contribution is -0.138. The van der Waals surface area contributed by atoms with Crippen LogP contribution >= 0.6 is 0 Å². The highest BCUT2D eigenvalue weighted by molar-refractivity contribution is 6.33. The number of imide groups is 1. The molecule has 0 saturated carbocycles. The van der Waals surface area contributed by atoms with Crippen molar-refractivity contribution in [3.8, 4) is 0 Å². The molecule has 2 amide bonds. The van der Waals surface area contributed by atoms with Gasteiger partial charge in [-0.15, -0.1) is 0 Å². The molecule has 1 fully saturated rings. The fourth-order valence-electron chi connectivity index (χ4n) is 3.57. The van der Waals surface area contributed by atoms with Crippen LogP contribution in [0.3, 0.4) is 0 Å². The predicted molar refractivity (Wildman–Crippen MR) is 94.2 cm³/mol. The van der Waals surface area contributed by atoms with Crippen molar-refractivity contribution in [1.82, 2.24) is 14.8 Å². The highest BCUT2D eigenvalue weighted by atomic mass is 16.2. The van der Waals surface area contributed by atoms with Crippen molar-refractivity contribution in [3.05, 3.63) is 72.1 Å². The van der Waals surface area contributed by atoms with Crippen molar-refractivity contribution < 1.29 is 9.59 Å². The Hall–Kier alpha value is -2.79. The molecule has 1 saturated heterocycles. The van der Waals surface area contributed by atoms with Gasteiger partial charge in [0.2, 0.25) is 0 Å². The molecule has 0 N–H and O–H groups in total. The van der Waals surface area contributed by atoms with Crippen LogP contribution in [-0.2, 0) is 16.1 Å². The summed E-state index contributed by atoms with van der Waals surface area (Å²) in [4.78, 5) is 33.0. The summed E-state index contributed by atoms with van der Waals surface area (Å²) in [7, 11) is 0. The first-order valence-electron chi connectivity index (χ1n) is 8.48. The number of pyridine rings is 1. The Morgan fingerprint density at radius 2 is 1.92 bits per heavy atom. The van der Waals surface area contributed by atoms with E-state index < -0.39 is 0 Å². The molecule has 5 heteroatoms. The predicted octanol–water partition coefficient (Wildman–Crippen LogP) is 2.11. The third-order valence-corrected chi connectivity index (χ3v) is 4.78. The maximum absolute atomic E-state index is 12.8. The van der Waals surface area contributed by atoms with E-state index >= 15 is 0 Å². The summed E-state index contributed by atoms with van der Waals surface area (Å²) in [5.74, 6) is -0.374. The number of amides is 2. The highest BCUT2D eigenvalue weighted by Gasteiger charge is 2.39. The van der Waals surface area contributed by atoms with Gasteiger partial charge < -0.3 is 0 Å². The molecule has 1 aromatic heterocycles. The van der Waals surface area contributed by atoms with E-state index in [0.717, 1.165) is 30.6 Å². The molecular formula is C20H19N3O2. The molecule has 1 unspecified atom stereocenters. The normalized spacial score (nSPS) is 21.0. The third-order valence-electron chi connectivity index (χ3n) is 4.78. The van der Waals surface area contributed by atoms with Crippen molar-refractivity contribution in [1.29, 1.82) is 0 Å². The van der Waals surface area contributed by atoms with Gasteiger partial charge in [0.1, 0.15) is 0 Å². The van der Waals surface area contributed by atoms with Crippen LogP contribution in [0.2, 0.25) is 0 Å². The maximum atomic E-state index is 12.8. The molecule has 2 aliphatic rings. The van der Waals surface area contributed by atoms with E-state index in [9.17, 15) is 9.59 Å². The summed E-state index contributed by atoms with van der Waals surface area (Å²) in [5, 5.41) is 0. The Morgan fingerprint density at radius 3 is 2.68 bits per heavy atom. The molecule has 3 heterocycles. The van der Waals surface area contributed by atoms with E-state index in [0.29, 0.717) is 12.1 Å². The quantitative estimate of drug-likeness (QED) is 0.804. The molecule has 0 spiro atoms. The minimum Gasteiger partial charge on any atom is -0.297 e. The van der Waals surface area contributed by atoms with Gasteiger partial charge in [0, 0.05) is 38.1 Å². The van der Waals surface area contributed by atoms with Crippen LogP contribution in [0.1, 0.15) is 17.5 Å². The van der Waals surface area contributed by atoms with Gasteiger partial charge in [-0.1, -0.05) is 36.4 Å². The molecule has 1 aromatic carbocycles. The number of carbonyl (C=O) groups excluding carboxylic acids is 2. The number of carbonyl (C=O) groups is 2. The maximum Gasteiger partial charge on any atom is 0.261 e. The van der Waals surface area contributed by atoms with Crippen molar-refractivity contribution in [2.24, 2.45) is 0 Å². The topological polar surface area (TPSA) is 53.5 Å². The minimum atomic E-state index is -0.197. The second-order valence-corrected chi connectivity index (χ2v) is 6.48. The molecule has 25 heavy (non-hydrogen) atoms. The number of hydrogen-bond donors (Lipinski definition) is 0. The summed E-state index contributed by atoms with van der Waals surface area (Å²) in [6.07, 6.45) is 5.90. The molecule has 5 nitrogen and oxygen atoms in total. The molecule has 2 aromatic rings. The lowest BCUT2D eigenvalue weighted by atomic mass is 10.1. The zero-order valence-electron chi connectivity index (χ0n) is 13.8. The van der Waals surface area contributed by atoms with Crippen LogP contribution in [0.25, 0.3) is 5.57 Å². The van der Waals surface area contributed by atoms with Crippen LogP contribution in [0.15, 0.2) is 60.9 Å². The molecule has 0 bridgehead atoms. The van der Waals surface area contributed by atoms with Gasteiger partial charge in [-0.05, 0) is 23.6 Å². The Bertz CT molecular complexity index is 817. The van der Waals surface area contributed by atoms with E-state index in [4.69, 9.17) is 0 Å². The van der Waals surface area contributed by atoms with Gasteiger partial charge in [-0.2, -0.15) is 0 Å². The number of aromatic nitrogens is 1. The van der Waals surface area contributed by atoms with Crippen LogP contribution in [0, 0.1) is 0 Å². The fraction of sp³-hybridized carbons (Fsp3) is 0.250. The largest absolute Gasteiger partial charge is 0.297 e. The van der Waals surface area contributed by atoms with Crippen molar-refractivity contribution >= 4 is 17.4 Å². The summed E-state index contributed by atoms with van der Waals surface area (Å²) >= 11 is 0. The number of benzene rings is 1. The van der Waals surface area contributed by atoms with Crippen LogP contribution in [-0.4, -0.2) is 45.7 Å². The van der Waals surface area contributed by atoms with E-state index in [1.807, 2.05) is 48.7 Å². The van der Waals surface area contributed by atoms with Crippen molar-refractivity contribution in [3.63, 3.8) is 0 Å². The van der Waals surface area contributed by atoms with Gasteiger partial charge >= 0.3 is 0 Å². The van der Waals surface area contributed by atoms with E-state index in [-0.39, 0.29) is 17.9 Å². The Labute approximate surface area is 146 Å². The van der Waals surface area contributed by atoms with E-state index in [2.05, 4.69) is 9.88 Å². The van der Waals surface area contributed by atoms with Crippen LogP contribution in [0.5, 0.6) is 0 Å². The molecule has 1 atom stereocenters. The van der Waals surface area contributed by atoms with E-state index in [1.54, 1.807) is 6.20 Å².